The zero-order valence-corrected chi connectivity index (χ0v) is 19.2. The molecule has 15 heteroatoms. The minimum Gasteiger partial charge on any atom is -0.480 e. The van der Waals surface area contributed by atoms with Gasteiger partial charge in [-0.1, -0.05) is 0 Å². The third kappa shape index (κ3) is 10.4. The van der Waals surface area contributed by atoms with Crippen molar-refractivity contribution in [2.75, 3.05) is 91.9 Å². The van der Waals surface area contributed by atoms with Gasteiger partial charge in [-0.3, -0.25) is 39.7 Å². The lowest BCUT2D eigenvalue weighted by atomic mass is 10.2. The van der Waals surface area contributed by atoms with E-state index in [2.05, 4.69) is 9.78 Å². The first-order valence-electron chi connectivity index (χ1n) is 11.1. The Labute approximate surface area is 197 Å². The van der Waals surface area contributed by atoms with E-state index in [-0.39, 0.29) is 65.7 Å². The minimum absolute atomic E-state index is 0.155. The van der Waals surface area contributed by atoms with Gasteiger partial charge in [-0.2, -0.15) is 0 Å². The molecule has 200 valence electrons. The first-order valence-corrected chi connectivity index (χ1v) is 11.1. The van der Waals surface area contributed by atoms with E-state index < -0.39 is 36.7 Å². The van der Waals surface area contributed by atoms with Gasteiger partial charge in [0.15, 0.2) is 0 Å². The first kappa shape index (κ1) is 30.5. The molecular formula is C19H38N4O11. The molecule has 1 rings (SSSR count). The Morgan fingerprint density at radius 1 is 0.676 bits per heavy atom. The number of hydrogen-bond donors (Lipinski definition) is 7. The van der Waals surface area contributed by atoms with Crippen molar-refractivity contribution in [3.63, 3.8) is 0 Å². The number of aliphatic hydroxyl groups excluding tert-OH is 3. The van der Waals surface area contributed by atoms with E-state index >= 15 is 0 Å². The van der Waals surface area contributed by atoms with Crippen LogP contribution in [0.1, 0.15) is 0 Å². The van der Waals surface area contributed by atoms with Gasteiger partial charge in [0, 0.05) is 52.4 Å². The number of aliphatic hydroxyl groups is 3. The summed E-state index contributed by atoms with van der Waals surface area (Å²) in [5, 5.41) is 65.8. The molecular weight excluding hydrogens is 460 g/mol. The van der Waals surface area contributed by atoms with E-state index in [9.17, 15) is 35.1 Å². The molecule has 0 amide bonds. The first-order chi connectivity index (χ1) is 16.3. The molecule has 1 fully saturated rings. The molecule has 1 aliphatic rings. The highest BCUT2D eigenvalue weighted by atomic mass is 17.1. The third-order valence-electron chi connectivity index (χ3n) is 6.00. The summed E-state index contributed by atoms with van der Waals surface area (Å²) in [6, 6.07) is -2.39. The molecule has 0 aromatic heterocycles. The normalized spacial score (nSPS) is 21.3. The molecule has 15 nitrogen and oxygen atoms in total. The van der Waals surface area contributed by atoms with E-state index in [0.29, 0.717) is 19.6 Å². The summed E-state index contributed by atoms with van der Waals surface area (Å²) in [5.74, 6) is -2.27. The van der Waals surface area contributed by atoms with Gasteiger partial charge < -0.3 is 25.5 Å². The predicted molar refractivity (Wildman–Crippen MR) is 116 cm³/mol. The van der Waals surface area contributed by atoms with Crippen molar-refractivity contribution in [2.24, 2.45) is 0 Å². The standard InChI is InChI=1S/C19H38N4O11/c24-10-15(13-33-31)21-3-1-20(9-18(27)28)2-4-23(17(12-26)19(29)30)8-7-22(6-5-21)16(11-25)14-34-32/h15-17,24-26,31-32H,1-14H2,(H,27,28)(H,29,30). The fraction of sp³-hybridized carbons (Fsp3) is 0.895. The van der Waals surface area contributed by atoms with Gasteiger partial charge in [0.05, 0.1) is 51.7 Å². The lowest BCUT2D eigenvalue weighted by molar-refractivity contribution is -0.255. The van der Waals surface area contributed by atoms with Crippen LogP contribution in [0.2, 0.25) is 0 Å². The monoisotopic (exact) mass is 498 g/mol. The molecule has 0 aliphatic carbocycles. The zero-order valence-electron chi connectivity index (χ0n) is 19.2. The van der Waals surface area contributed by atoms with Crippen LogP contribution in [0.3, 0.4) is 0 Å². The van der Waals surface area contributed by atoms with Crippen molar-refractivity contribution in [1.82, 2.24) is 19.6 Å². The van der Waals surface area contributed by atoms with Crippen molar-refractivity contribution < 1.29 is 55.4 Å². The maximum Gasteiger partial charge on any atom is 0.323 e. The molecule has 1 aliphatic heterocycles. The topological polar surface area (TPSA) is 207 Å². The average molecular weight is 499 g/mol. The summed E-state index contributed by atoms with van der Waals surface area (Å²) in [5.41, 5.74) is 0. The largest absolute Gasteiger partial charge is 0.480 e. The Kier molecular flexibility index (Phi) is 15.3. The highest BCUT2D eigenvalue weighted by molar-refractivity contribution is 5.73. The Balaban J connectivity index is 3.20. The Hall–Kier alpha value is -1.50. The van der Waals surface area contributed by atoms with Crippen LogP contribution in [0.5, 0.6) is 0 Å². The molecule has 0 spiro atoms. The van der Waals surface area contributed by atoms with Crippen LogP contribution in [0, 0.1) is 0 Å². The van der Waals surface area contributed by atoms with Crippen molar-refractivity contribution in [1.29, 1.82) is 0 Å². The molecule has 3 unspecified atom stereocenters. The van der Waals surface area contributed by atoms with Gasteiger partial charge >= 0.3 is 11.9 Å². The molecule has 0 aromatic carbocycles. The quantitative estimate of drug-likeness (QED) is 0.0968. The van der Waals surface area contributed by atoms with Crippen molar-refractivity contribution in [2.45, 2.75) is 18.1 Å². The minimum atomic E-state index is -1.22. The number of carbonyl (C=O) groups is 2. The summed E-state index contributed by atoms with van der Waals surface area (Å²) in [6.07, 6.45) is 0. The lowest BCUT2D eigenvalue weighted by Gasteiger charge is -2.38. The van der Waals surface area contributed by atoms with Crippen molar-refractivity contribution in [3.8, 4) is 0 Å². The highest BCUT2D eigenvalue weighted by Crippen LogP contribution is 2.09. The van der Waals surface area contributed by atoms with Crippen LogP contribution in [0.15, 0.2) is 0 Å². The summed E-state index contributed by atoms with van der Waals surface area (Å²) >= 11 is 0. The highest BCUT2D eigenvalue weighted by Gasteiger charge is 2.29. The van der Waals surface area contributed by atoms with Gasteiger partial charge in [0.2, 0.25) is 0 Å². The van der Waals surface area contributed by atoms with Gasteiger partial charge in [0.25, 0.3) is 0 Å². The number of nitrogens with zero attached hydrogens (tertiary/aromatic N) is 4. The smallest absolute Gasteiger partial charge is 0.323 e. The lowest BCUT2D eigenvalue weighted by Crippen LogP contribution is -2.55. The van der Waals surface area contributed by atoms with Crippen LogP contribution in [-0.4, -0.2) is 178 Å². The van der Waals surface area contributed by atoms with Gasteiger partial charge in [0.1, 0.15) is 6.04 Å². The second kappa shape index (κ2) is 17.0. The molecule has 0 saturated carbocycles. The van der Waals surface area contributed by atoms with Crippen LogP contribution in [0.4, 0.5) is 0 Å². The maximum atomic E-state index is 11.7. The van der Waals surface area contributed by atoms with E-state index in [1.165, 1.54) is 4.90 Å². The van der Waals surface area contributed by atoms with Crippen molar-refractivity contribution >= 4 is 11.9 Å². The molecule has 34 heavy (non-hydrogen) atoms. The van der Waals surface area contributed by atoms with E-state index in [1.807, 2.05) is 4.90 Å². The second-order valence-corrected chi connectivity index (χ2v) is 8.08. The summed E-state index contributed by atoms with van der Waals surface area (Å²) < 4.78 is 0. The summed E-state index contributed by atoms with van der Waals surface area (Å²) in [6.45, 7) is -0.00975. The fourth-order valence-electron chi connectivity index (χ4n) is 3.96. The molecule has 1 saturated heterocycles. The van der Waals surface area contributed by atoms with Crippen LogP contribution >= 0.6 is 0 Å². The Bertz CT molecular complexity index is 588. The molecule has 0 aromatic rings. The van der Waals surface area contributed by atoms with Crippen LogP contribution in [-0.2, 0) is 19.4 Å². The predicted octanol–water partition coefficient (Wildman–Crippen LogP) is -3.56. The van der Waals surface area contributed by atoms with E-state index in [1.54, 1.807) is 9.80 Å². The number of hydrogen-bond acceptors (Lipinski definition) is 13. The zero-order chi connectivity index (χ0) is 25.5. The van der Waals surface area contributed by atoms with Gasteiger partial charge in [-0.15, -0.1) is 0 Å². The van der Waals surface area contributed by atoms with Crippen molar-refractivity contribution in [3.05, 3.63) is 0 Å². The molecule has 1 heterocycles. The van der Waals surface area contributed by atoms with Crippen LogP contribution in [0.25, 0.3) is 0 Å². The number of aliphatic carboxylic acids is 2. The molecule has 0 bridgehead atoms. The summed E-state index contributed by atoms with van der Waals surface area (Å²) in [4.78, 5) is 38.2. The second-order valence-electron chi connectivity index (χ2n) is 8.08. The Morgan fingerprint density at radius 3 is 1.44 bits per heavy atom. The third-order valence-corrected chi connectivity index (χ3v) is 6.00. The maximum absolute atomic E-state index is 11.7. The van der Waals surface area contributed by atoms with Crippen LogP contribution < -0.4 is 0 Å². The Morgan fingerprint density at radius 2 is 1.09 bits per heavy atom. The number of rotatable bonds is 13. The molecule has 7 N–H and O–H groups in total. The van der Waals surface area contributed by atoms with E-state index in [0.717, 1.165) is 0 Å². The van der Waals surface area contributed by atoms with Gasteiger partial charge in [-0.25, -0.2) is 9.78 Å². The number of carboxylic acids is 2. The average Bonchev–Trinajstić information content (AvgIpc) is 2.79. The molecule has 0 radical (unpaired) electrons. The molecule has 3 atom stereocenters. The van der Waals surface area contributed by atoms with Gasteiger partial charge in [-0.05, 0) is 0 Å². The summed E-state index contributed by atoms with van der Waals surface area (Å²) in [7, 11) is 0. The SMILES string of the molecule is O=C(O)CN1CCN(C(CO)COO)CCN(C(CO)COO)CCN(C(CO)C(=O)O)CC1. The van der Waals surface area contributed by atoms with E-state index in [4.69, 9.17) is 10.5 Å². The fourth-order valence-corrected chi connectivity index (χ4v) is 3.96. The number of carboxylic acid groups (broad SMARTS) is 2.